The number of aromatic nitrogens is 3. The van der Waals surface area contributed by atoms with Gasteiger partial charge in [-0.25, -0.2) is 0 Å². The minimum atomic E-state index is -1.29. The number of hydrogen-bond acceptors (Lipinski definition) is 8. The van der Waals surface area contributed by atoms with Crippen LogP contribution < -0.4 is 21.3 Å². The molecule has 18 heavy (non-hydrogen) atoms. The lowest BCUT2D eigenvalue weighted by atomic mass is 10.3. The lowest BCUT2D eigenvalue weighted by molar-refractivity contribution is -0.125. The summed E-state index contributed by atoms with van der Waals surface area (Å²) >= 11 is 0. The number of rotatable bonds is 6. The lowest BCUT2D eigenvalue weighted by Crippen LogP contribution is -2.34. The fourth-order valence-corrected chi connectivity index (χ4v) is 1.04. The summed E-state index contributed by atoms with van der Waals surface area (Å²) in [5.74, 6) is 0.270. The smallest absolute Gasteiger partial charge is 0.248 e. The number of hydrogen-bond donors (Lipinski definition) is 4. The zero-order valence-corrected chi connectivity index (χ0v) is 10.5. The van der Waals surface area contributed by atoms with Crippen molar-refractivity contribution in [3.05, 3.63) is 0 Å². The Labute approximate surface area is 104 Å². The third-order valence-electron chi connectivity index (χ3n) is 2.03. The van der Waals surface area contributed by atoms with Gasteiger partial charge in [0.1, 0.15) is 6.10 Å². The van der Waals surface area contributed by atoms with Crippen molar-refractivity contribution in [1.29, 1.82) is 0 Å². The van der Waals surface area contributed by atoms with Crippen LogP contribution in [0.4, 0.5) is 17.8 Å². The first-order valence-electron chi connectivity index (χ1n) is 5.26. The number of carbonyl (C=O) groups excluding carboxylic acids is 1. The molecular weight excluding hydrogens is 238 g/mol. The molecule has 100 valence electrons. The number of aliphatic hydroxyl groups excluding tert-OH is 1. The molecule has 0 aliphatic carbocycles. The zero-order valence-electron chi connectivity index (χ0n) is 10.5. The van der Waals surface area contributed by atoms with Gasteiger partial charge >= 0.3 is 0 Å². The number of aliphatic hydroxyl groups is 1. The normalized spacial score (nSPS) is 11.8. The van der Waals surface area contributed by atoms with Crippen LogP contribution in [0.5, 0.6) is 0 Å². The average Bonchev–Trinajstić information content (AvgIpc) is 2.35. The van der Waals surface area contributed by atoms with Crippen molar-refractivity contribution in [2.75, 3.05) is 43.2 Å². The van der Waals surface area contributed by atoms with Gasteiger partial charge in [-0.05, 0) is 0 Å². The second kappa shape index (κ2) is 5.96. The lowest BCUT2D eigenvalue weighted by Gasteiger charge is -2.14. The highest BCUT2D eigenvalue weighted by Gasteiger charge is 2.12. The molecule has 1 aromatic heterocycles. The van der Waals surface area contributed by atoms with E-state index in [1.807, 2.05) is 0 Å². The van der Waals surface area contributed by atoms with E-state index >= 15 is 0 Å². The quantitative estimate of drug-likeness (QED) is 0.470. The summed E-state index contributed by atoms with van der Waals surface area (Å²) < 4.78 is 0. The molecule has 0 radical (unpaired) electrons. The highest BCUT2D eigenvalue weighted by Crippen LogP contribution is 2.10. The summed E-state index contributed by atoms with van der Waals surface area (Å²) in [6, 6.07) is 0. The summed E-state index contributed by atoms with van der Waals surface area (Å²) in [5.41, 5.74) is 4.93. The standard InChI is InChI=1S/C9H17N7O2/c1-11-7-13-8(12-4-5(17)6(10)18)15-9(14-7)16(2)3/h5,17H,4H2,1-3H3,(H2,10,18)(H2,11,12,13,14,15). The van der Waals surface area contributed by atoms with Gasteiger partial charge in [0, 0.05) is 21.1 Å². The number of anilines is 3. The van der Waals surface area contributed by atoms with Crippen LogP contribution in [0.25, 0.3) is 0 Å². The molecule has 1 heterocycles. The molecule has 0 saturated carbocycles. The van der Waals surface area contributed by atoms with E-state index in [9.17, 15) is 9.90 Å². The molecule has 0 saturated heterocycles. The Morgan fingerprint density at radius 2 is 2.00 bits per heavy atom. The molecule has 1 atom stereocenters. The number of nitrogens with zero attached hydrogens (tertiary/aromatic N) is 4. The third kappa shape index (κ3) is 3.70. The topological polar surface area (TPSA) is 129 Å². The molecule has 0 bridgehead atoms. The summed E-state index contributed by atoms with van der Waals surface area (Å²) in [7, 11) is 5.25. The average molecular weight is 255 g/mol. The third-order valence-corrected chi connectivity index (χ3v) is 2.03. The van der Waals surface area contributed by atoms with Gasteiger partial charge in [0.05, 0.1) is 6.54 Å². The van der Waals surface area contributed by atoms with Crippen LogP contribution in [0.1, 0.15) is 0 Å². The van der Waals surface area contributed by atoms with Gasteiger partial charge in [-0.1, -0.05) is 0 Å². The molecule has 1 unspecified atom stereocenters. The van der Waals surface area contributed by atoms with E-state index in [4.69, 9.17) is 5.73 Å². The first kappa shape index (κ1) is 13.9. The molecule has 1 aromatic rings. The van der Waals surface area contributed by atoms with Crippen molar-refractivity contribution in [2.24, 2.45) is 5.73 Å². The maximum absolute atomic E-state index is 10.7. The molecule has 1 rings (SSSR count). The second-order valence-corrected chi connectivity index (χ2v) is 3.73. The maximum Gasteiger partial charge on any atom is 0.248 e. The Morgan fingerprint density at radius 1 is 1.39 bits per heavy atom. The van der Waals surface area contributed by atoms with Gasteiger partial charge in [-0.2, -0.15) is 15.0 Å². The van der Waals surface area contributed by atoms with Crippen molar-refractivity contribution in [3.8, 4) is 0 Å². The predicted molar refractivity (Wildman–Crippen MR) is 67.4 cm³/mol. The fraction of sp³-hybridized carbons (Fsp3) is 0.556. The maximum atomic E-state index is 10.7. The summed E-state index contributed by atoms with van der Waals surface area (Å²) in [6.45, 7) is -0.0601. The van der Waals surface area contributed by atoms with E-state index < -0.39 is 12.0 Å². The zero-order chi connectivity index (χ0) is 13.7. The SMILES string of the molecule is CNc1nc(NCC(O)C(N)=O)nc(N(C)C)n1. The van der Waals surface area contributed by atoms with Gasteiger partial charge in [0.15, 0.2) is 0 Å². The van der Waals surface area contributed by atoms with E-state index in [0.29, 0.717) is 11.9 Å². The van der Waals surface area contributed by atoms with Crippen molar-refractivity contribution < 1.29 is 9.90 Å². The second-order valence-electron chi connectivity index (χ2n) is 3.73. The van der Waals surface area contributed by atoms with Gasteiger partial charge in [0.2, 0.25) is 23.8 Å². The van der Waals surface area contributed by atoms with Gasteiger partial charge in [0.25, 0.3) is 0 Å². The van der Waals surface area contributed by atoms with Crippen LogP contribution in [-0.2, 0) is 4.79 Å². The highest BCUT2D eigenvalue weighted by atomic mass is 16.3. The number of primary amides is 1. The molecule has 0 aliphatic heterocycles. The predicted octanol–water partition coefficient (Wildman–Crippen LogP) is -1.76. The van der Waals surface area contributed by atoms with E-state index in [2.05, 4.69) is 25.6 Å². The van der Waals surface area contributed by atoms with Crippen LogP contribution in [0.15, 0.2) is 0 Å². The Bertz CT molecular complexity index is 423. The Balaban J connectivity index is 2.81. The van der Waals surface area contributed by atoms with Crippen LogP contribution in [0.3, 0.4) is 0 Å². The van der Waals surface area contributed by atoms with E-state index in [1.54, 1.807) is 26.0 Å². The van der Waals surface area contributed by atoms with Crippen molar-refractivity contribution >= 4 is 23.8 Å². The number of nitrogens with one attached hydrogen (secondary N) is 2. The van der Waals surface area contributed by atoms with Crippen LogP contribution in [0, 0.1) is 0 Å². The highest BCUT2D eigenvalue weighted by molar-refractivity contribution is 5.79. The molecular formula is C9H17N7O2. The van der Waals surface area contributed by atoms with Crippen molar-refractivity contribution in [1.82, 2.24) is 15.0 Å². The monoisotopic (exact) mass is 255 g/mol. The Kier molecular flexibility index (Phi) is 4.60. The largest absolute Gasteiger partial charge is 0.381 e. The summed E-state index contributed by atoms with van der Waals surface area (Å²) in [5, 5.41) is 14.8. The number of carbonyl (C=O) groups is 1. The number of amides is 1. The Morgan fingerprint density at radius 3 is 2.50 bits per heavy atom. The molecule has 0 aliphatic rings. The molecule has 0 aromatic carbocycles. The van der Waals surface area contributed by atoms with E-state index in [0.717, 1.165) is 0 Å². The van der Waals surface area contributed by atoms with E-state index in [1.165, 1.54) is 0 Å². The van der Waals surface area contributed by atoms with Crippen molar-refractivity contribution in [2.45, 2.75) is 6.10 Å². The summed E-state index contributed by atoms with van der Waals surface area (Å²) in [4.78, 5) is 24.6. The Hall–Kier alpha value is -2.16. The van der Waals surface area contributed by atoms with Crippen LogP contribution in [-0.4, -0.2) is 59.8 Å². The molecule has 1 amide bonds. The molecule has 9 heteroatoms. The van der Waals surface area contributed by atoms with Crippen LogP contribution in [0.2, 0.25) is 0 Å². The van der Waals surface area contributed by atoms with Crippen LogP contribution >= 0.6 is 0 Å². The van der Waals surface area contributed by atoms with Gasteiger partial charge in [-0.15, -0.1) is 0 Å². The minimum absolute atomic E-state index is 0.0601. The first-order chi connectivity index (χ1) is 8.43. The fourth-order valence-electron chi connectivity index (χ4n) is 1.04. The molecule has 9 nitrogen and oxygen atoms in total. The first-order valence-corrected chi connectivity index (χ1v) is 5.26. The molecule has 0 fully saturated rings. The van der Waals surface area contributed by atoms with Crippen molar-refractivity contribution in [3.63, 3.8) is 0 Å². The minimum Gasteiger partial charge on any atom is -0.381 e. The molecule has 5 N–H and O–H groups in total. The number of nitrogens with two attached hydrogens (primary N) is 1. The molecule has 0 spiro atoms. The van der Waals surface area contributed by atoms with Gasteiger partial charge in [-0.3, -0.25) is 4.79 Å². The van der Waals surface area contributed by atoms with E-state index in [-0.39, 0.29) is 12.5 Å². The summed E-state index contributed by atoms with van der Waals surface area (Å²) in [6.07, 6.45) is -1.29. The van der Waals surface area contributed by atoms with Gasteiger partial charge < -0.3 is 26.4 Å².